The van der Waals surface area contributed by atoms with Gasteiger partial charge >= 0.3 is 53.5 Å². The molecule has 0 spiro atoms. The van der Waals surface area contributed by atoms with E-state index in [4.69, 9.17) is 5.73 Å². The Morgan fingerprint density at radius 3 is 1.63 bits per heavy atom. The van der Waals surface area contributed by atoms with Gasteiger partial charge in [0.05, 0.1) is 5.56 Å². The van der Waals surface area contributed by atoms with Crippen molar-refractivity contribution in [2.45, 2.75) is 86.7 Å². The van der Waals surface area contributed by atoms with Crippen molar-refractivity contribution in [3.8, 4) is 0 Å². The summed E-state index contributed by atoms with van der Waals surface area (Å²) in [5, 5.41) is -0.260. The molecule has 43 heavy (non-hydrogen) atoms. The van der Waals surface area contributed by atoms with E-state index < -0.39 is 70.0 Å². The van der Waals surface area contributed by atoms with Gasteiger partial charge < -0.3 is 11.1 Å². The molecular formula is C21H17F17N2O2S. The average Bonchev–Trinajstić information content (AvgIpc) is 3.19. The minimum atomic E-state index is -8.81. The van der Waals surface area contributed by atoms with Crippen molar-refractivity contribution in [1.29, 1.82) is 0 Å². The van der Waals surface area contributed by atoms with Gasteiger partial charge in [-0.15, -0.1) is 11.3 Å². The number of rotatable bonds is 11. The molecule has 0 bridgehead atoms. The standard InChI is InChI=1S/C21H17F17N2O2S/c1-2-3-7-4-5-8-9(6-7)43-12(10(8)11(39)41)40-13(42)14(22,23)15(24,25)16(26,27)17(28,29)18(30,31)19(32,33)20(34,35)21(36,37)38/h7H,2-6H2,1H3,(H2,39,41)(H,40,42). The van der Waals surface area contributed by atoms with Crippen LogP contribution in [0, 0.1) is 5.92 Å². The van der Waals surface area contributed by atoms with E-state index in [1.54, 1.807) is 6.92 Å². The molecule has 1 atom stereocenters. The van der Waals surface area contributed by atoms with Crippen LogP contribution < -0.4 is 11.1 Å². The third-order valence-corrected chi connectivity index (χ3v) is 7.71. The summed E-state index contributed by atoms with van der Waals surface area (Å²) in [6, 6.07) is 0. The number of nitrogens with one attached hydrogen (secondary N) is 1. The summed E-state index contributed by atoms with van der Waals surface area (Å²) in [6.07, 6.45) is -6.13. The van der Waals surface area contributed by atoms with Crippen LogP contribution in [0.1, 0.15) is 47.0 Å². The summed E-state index contributed by atoms with van der Waals surface area (Å²) in [5.41, 5.74) is 4.32. The smallest absolute Gasteiger partial charge is 0.365 e. The monoisotopic (exact) mass is 684 g/mol. The Morgan fingerprint density at radius 2 is 1.21 bits per heavy atom. The maximum Gasteiger partial charge on any atom is 0.460 e. The van der Waals surface area contributed by atoms with Crippen LogP contribution in [0.15, 0.2) is 0 Å². The molecule has 0 aliphatic heterocycles. The number of primary amides is 1. The zero-order valence-corrected chi connectivity index (χ0v) is 21.7. The van der Waals surface area contributed by atoms with Crippen LogP contribution in [0.2, 0.25) is 0 Å². The highest BCUT2D eigenvalue weighted by molar-refractivity contribution is 7.17. The first-order valence-electron chi connectivity index (χ1n) is 11.5. The van der Waals surface area contributed by atoms with Gasteiger partial charge in [-0.25, -0.2) is 0 Å². The van der Waals surface area contributed by atoms with E-state index in [1.165, 1.54) is 0 Å². The SMILES string of the molecule is CCCC1CCc2c(sc(NC(=O)C(F)(F)C(F)(F)C(F)(F)C(F)(F)C(F)(F)C(F)(F)C(F)(F)C(F)(F)F)c2C(N)=O)C1. The first-order valence-corrected chi connectivity index (χ1v) is 12.3. The minimum Gasteiger partial charge on any atom is -0.365 e. The molecule has 22 heteroatoms. The van der Waals surface area contributed by atoms with Crippen molar-refractivity contribution >= 4 is 28.2 Å². The number of hydrogen-bond acceptors (Lipinski definition) is 3. The molecule has 0 saturated heterocycles. The van der Waals surface area contributed by atoms with E-state index in [-0.39, 0.29) is 40.5 Å². The Kier molecular flexibility index (Phi) is 9.21. The van der Waals surface area contributed by atoms with Gasteiger partial charge in [-0.2, -0.15) is 74.6 Å². The zero-order valence-electron chi connectivity index (χ0n) is 20.8. The first-order chi connectivity index (χ1) is 19.0. The topological polar surface area (TPSA) is 72.2 Å². The average molecular weight is 684 g/mol. The van der Waals surface area contributed by atoms with E-state index in [1.807, 2.05) is 0 Å². The van der Waals surface area contributed by atoms with E-state index in [9.17, 15) is 84.2 Å². The fraction of sp³-hybridized carbons (Fsp3) is 0.714. The van der Waals surface area contributed by atoms with Gasteiger partial charge in [0.1, 0.15) is 5.00 Å². The van der Waals surface area contributed by atoms with Gasteiger partial charge in [0, 0.05) is 4.88 Å². The van der Waals surface area contributed by atoms with E-state index in [0.717, 1.165) is 5.32 Å². The fourth-order valence-corrected chi connectivity index (χ4v) is 5.51. The molecule has 248 valence electrons. The Labute approximate surface area is 232 Å². The number of anilines is 1. The van der Waals surface area contributed by atoms with Crippen LogP contribution in [0.25, 0.3) is 0 Å². The van der Waals surface area contributed by atoms with Crippen molar-refractivity contribution in [2.24, 2.45) is 11.7 Å². The number of carbonyl (C=O) groups is 2. The number of amides is 2. The number of alkyl halides is 17. The van der Waals surface area contributed by atoms with E-state index >= 15 is 0 Å². The number of carbonyl (C=O) groups excluding carboxylic acids is 2. The number of thiophene rings is 1. The quantitative estimate of drug-likeness (QED) is 0.235. The Balaban J connectivity index is 2.55. The van der Waals surface area contributed by atoms with Crippen LogP contribution in [-0.4, -0.2) is 59.4 Å². The predicted molar refractivity (Wildman–Crippen MR) is 113 cm³/mol. The Bertz CT molecular complexity index is 1240. The molecule has 1 aromatic rings. The first kappa shape index (κ1) is 36.6. The third-order valence-electron chi connectivity index (χ3n) is 6.54. The normalized spacial score (nSPS) is 18.0. The van der Waals surface area contributed by atoms with E-state index in [2.05, 4.69) is 0 Å². The fourth-order valence-electron chi connectivity index (χ4n) is 4.15. The van der Waals surface area contributed by atoms with Gasteiger partial charge in [0.2, 0.25) is 0 Å². The number of fused-ring (bicyclic) bond motifs is 1. The molecule has 0 fully saturated rings. The highest BCUT2D eigenvalue weighted by Gasteiger charge is 2.95. The summed E-state index contributed by atoms with van der Waals surface area (Å²) in [7, 11) is 0. The van der Waals surface area contributed by atoms with Crippen molar-refractivity contribution in [2.75, 3.05) is 5.32 Å². The molecule has 2 rings (SSSR count). The maximum atomic E-state index is 14.3. The lowest BCUT2D eigenvalue weighted by Crippen LogP contribution is -2.75. The molecule has 1 aliphatic carbocycles. The molecule has 0 saturated carbocycles. The molecular weight excluding hydrogens is 667 g/mol. The third kappa shape index (κ3) is 5.27. The Hall–Kier alpha value is -2.55. The van der Waals surface area contributed by atoms with Gasteiger partial charge in [0.15, 0.2) is 0 Å². The summed E-state index contributed by atoms with van der Waals surface area (Å²) in [4.78, 5) is 24.0. The zero-order chi connectivity index (χ0) is 34.0. The second-order valence-electron chi connectivity index (χ2n) is 9.44. The molecule has 1 aromatic heterocycles. The van der Waals surface area contributed by atoms with Crippen LogP contribution in [0.3, 0.4) is 0 Å². The highest BCUT2D eigenvalue weighted by atomic mass is 32.1. The van der Waals surface area contributed by atoms with Crippen LogP contribution in [0.5, 0.6) is 0 Å². The van der Waals surface area contributed by atoms with Crippen molar-refractivity contribution < 1.29 is 84.2 Å². The van der Waals surface area contributed by atoms with Crippen LogP contribution in [-0.2, 0) is 17.6 Å². The number of nitrogens with two attached hydrogens (primary N) is 1. The number of hydrogen-bond donors (Lipinski definition) is 2. The van der Waals surface area contributed by atoms with Gasteiger partial charge in [0.25, 0.3) is 5.91 Å². The largest absolute Gasteiger partial charge is 0.460 e. The lowest BCUT2D eigenvalue weighted by molar-refractivity contribution is -0.459. The minimum absolute atomic E-state index is 0.00729. The lowest BCUT2D eigenvalue weighted by Gasteiger charge is -2.42. The van der Waals surface area contributed by atoms with Gasteiger partial charge in [-0.3, -0.25) is 9.59 Å². The summed E-state index contributed by atoms with van der Waals surface area (Å²) >= 11 is 0.245. The molecule has 0 aromatic carbocycles. The summed E-state index contributed by atoms with van der Waals surface area (Å²) in [5.74, 6) is -63.9. The molecule has 4 nitrogen and oxygen atoms in total. The summed E-state index contributed by atoms with van der Waals surface area (Å²) < 4.78 is 229. The Morgan fingerprint density at radius 1 is 0.767 bits per heavy atom. The second kappa shape index (κ2) is 10.8. The molecule has 2 amide bonds. The lowest BCUT2D eigenvalue weighted by atomic mass is 9.84. The van der Waals surface area contributed by atoms with Crippen LogP contribution >= 0.6 is 11.3 Å². The van der Waals surface area contributed by atoms with Gasteiger partial charge in [-0.1, -0.05) is 19.8 Å². The summed E-state index contributed by atoms with van der Waals surface area (Å²) in [6.45, 7) is 1.78. The highest BCUT2D eigenvalue weighted by Crippen LogP contribution is 2.64. The van der Waals surface area contributed by atoms with Crippen molar-refractivity contribution in [1.82, 2.24) is 0 Å². The van der Waals surface area contributed by atoms with Crippen LogP contribution in [0.4, 0.5) is 79.6 Å². The molecule has 1 aliphatic rings. The molecule has 3 N–H and O–H groups in total. The van der Waals surface area contributed by atoms with E-state index in [0.29, 0.717) is 19.3 Å². The molecule has 1 unspecified atom stereocenters. The molecule has 1 heterocycles. The predicted octanol–water partition coefficient (Wildman–Crippen LogP) is 7.70. The molecule has 0 radical (unpaired) electrons. The van der Waals surface area contributed by atoms with Crippen molar-refractivity contribution in [3.05, 3.63) is 16.0 Å². The van der Waals surface area contributed by atoms with Gasteiger partial charge in [-0.05, 0) is 30.7 Å². The van der Waals surface area contributed by atoms with Crippen molar-refractivity contribution in [3.63, 3.8) is 0 Å². The second-order valence-corrected chi connectivity index (χ2v) is 10.5. The maximum absolute atomic E-state index is 14.3. The number of halogens is 17.